The third-order valence-electron chi connectivity index (χ3n) is 2.36. The van der Waals surface area contributed by atoms with Crippen molar-refractivity contribution >= 4 is 17.1 Å². The van der Waals surface area contributed by atoms with E-state index in [0.717, 1.165) is 6.42 Å². The van der Waals surface area contributed by atoms with Crippen LogP contribution in [0.2, 0.25) is 0 Å². The molecule has 0 bridgehead atoms. The topological polar surface area (TPSA) is 52.1 Å². The highest BCUT2D eigenvalue weighted by Gasteiger charge is 2.08. The second-order valence-corrected chi connectivity index (χ2v) is 4.30. The van der Waals surface area contributed by atoms with Gasteiger partial charge in [-0.05, 0) is 34.9 Å². The van der Waals surface area contributed by atoms with Crippen molar-refractivity contribution in [1.29, 1.82) is 0 Å². The number of thiophene rings is 1. The van der Waals surface area contributed by atoms with E-state index in [1.54, 1.807) is 23.5 Å². The molecule has 0 saturated carbocycles. The van der Waals surface area contributed by atoms with Crippen LogP contribution in [-0.4, -0.2) is 23.1 Å². The Morgan fingerprint density at radius 2 is 2.24 bits per heavy atom. The van der Waals surface area contributed by atoms with Crippen LogP contribution >= 0.6 is 11.3 Å². The average Bonchev–Trinajstić information content (AvgIpc) is 2.89. The standard InChI is InChI=1S/C12H12N2O2S/c1-16-12-5-3-10(13-14-12)11(15)4-2-9-6-7-17-8-9/h3,5-8H,2,4H2,1H3. The summed E-state index contributed by atoms with van der Waals surface area (Å²) in [5.41, 5.74) is 1.57. The van der Waals surface area contributed by atoms with Crippen molar-refractivity contribution in [3.63, 3.8) is 0 Å². The third kappa shape index (κ3) is 3.10. The maximum atomic E-state index is 11.8. The molecule has 0 amide bonds. The lowest BCUT2D eigenvalue weighted by atomic mass is 10.1. The van der Waals surface area contributed by atoms with Gasteiger partial charge in [0.05, 0.1) is 7.11 Å². The van der Waals surface area contributed by atoms with E-state index < -0.39 is 0 Å². The average molecular weight is 248 g/mol. The van der Waals surface area contributed by atoms with E-state index in [-0.39, 0.29) is 5.78 Å². The number of ketones is 1. The van der Waals surface area contributed by atoms with E-state index in [2.05, 4.69) is 10.2 Å². The fraction of sp³-hybridized carbons (Fsp3) is 0.250. The molecule has 4 nitrogen and oxygen atoms in total. The highest BCUT2D eigenvalue weighted by molar-refractivity contribution is 7.07. The Bertz CT molecular complexity index is 480. The largest absolute Gasteiger partial charge is 0.480 e. The van der Waals surface area contributed by atoms with Crippen molar-refractivity contribution < 1.29 is 9.53 Å². The predicted molar refractivity (Wildman–Crippen MR) is 65.6 cm³/mol. The van der Waals surface area contributed by atoms with Crippen molar-refractivity contribution in [1.82, 2.24) is 10.2 Å². The first-order valence-corrected chi connectivity index (χ1v) is 6.16. The molecule has 0 atom stereocenters. The minimum atomic E-state index is 0.00588. The molecule has 2 aromatic rings. The number of nitrogens with zero attached hydrogens (tertiary/aromatic N) is 2. The van der Waals surface area contributed by atoms with Crippen LogP contribution in [0.3, 0.4) is 0 Å². The molecule has 17 heavy (non-hydrogen) atoms. The maximum absolute atomic E-state index is 11.8. The Hall–Kier alpha value is -1.75. The Balaban J connectivity index is 1.95. The number of methoxy groups -OCH3 is 1. The van der Waals surface area contributed by atoms with Gasteiger partial charge in [-0.15, -0.1) is 10.2 Å². The predicted octanol–water partition coefficient (Wildman–Crippen LogP) is 2.36. The summed E-state index contributed by atoms with van der Waals surface area (Å²) in [4.78, 5) is 11.8. The Morgan fingerprint density at radius 3 is 2.82 bits per heavy atom. The SMILES string of the molecule is COc1ccc(C(=O)CCc2ccsc2)nn1. The Morgan fingerprint density at radius 1 is 1.35 bits per heavy atom. The van der Waals surface area contributed by atoms with Gasteiger partial charge in [0.1, 0.15) is 5.69 Å². The van der Waals surface area contributed by atoms with Gasteiger partial charge in [-0.3, -0.25) is 4.79 Å². The summed E-state index contributed by atoms with van der Waals surface area (Å²) >= 11 is 1.64. The van der Waals surface area contributed by atoms with Gasteiger partial charge in [0.2, 0.25) is 5.88 Å². The van der Waals surface area contributed by atoms with Crippen LogP contribution in [0, 0.1) is 0 Å². The molecule has 0 spiro atoms. The van der Waals surface area contributed by atoms with Gasteiger partial charge < -0.3 is 4.74 Å². The monoisotopic (exact) mass is 248 g/mol. The number of carbonyl (C=O) groups excluding carboxylic acids is 1. The second-order valence-electron chi connectivity index (χ2n) is 3.52. The van der Waals surface area contributed by atoms with Crippen LogP contribution in [0.25, 0.3) is 0 Å². The molecule has 2 rings (SSSR count). The lowest BCUT2D eigenvalue weighted by Gasteiger charge is -2.00. The summed E-state index contributed by atoms with van der Waals surface area (Å²) in [6.07, 6.45) is 1.20. The summed E-state index contributed by atoms with van der Waals surface area (Å²) in [6.45, 7) is 0. The quantitative estimate of drug-likeness (QED) is 0.762. The summed E-state index contributed by atoms with van der Waals surface area (Å²) in [5, 5.41) is 11.7. The molecule has 0 radical (unpaired) electrons. The summed E-state index contributed by atoms with van der Waals surface area (Å²) < 4.78 is 4.88. The van der Waals surface area contributed by atoms with Gasteiger partial charge in [-0.25, -0.2) is 0 Å². The van der Waals surface area contributed by atoms with Gasteiger partial charge >= 0.3 is 0 Å². The summed E-state index contributed by atoms with van der Waals surface area (Å²) in [6, 6.07) is 5.31. The molecule has 88 valence electrons. The van der Waals surface area contributed by atoms with Crippen LogP contribution in [0.1, 0.15) is 22.5 Å². The third-order valence-corrected chi connectivity index (χ3v) is 3.09. The van der Waals surface area contributed by atoms with E-state index in [9.17, 15) is 4.79 Å². The molecule has 0 unspecified atom stereocenters. The Labute approximate surface area is 103 Å². The molecule has 0 aliphatic rings. The van der Waals surface area contributed by atoms with E-state index in [1.165, 1.54) is 12.7 Å². The molecular weight excluding hydrogens is 236 g/mol. The number of hydrogen-bond donors (Lipinski definition) is 0. The maximum Gasteiger partial charge on any atom is 0.233 e. The number of rotatable bonds is 5. The van der Waals surface area contributed by atoms with Crippen LogP contribution in [-0.2, 0) is 6.42 Å². The lowest BCUT2D eigenvalue weighted by Crippen LogP contribution is -2.05. The second kappa shape index (κ2) is 5.54. The first kappa shape index (κ1) is 11.7. The smallest absolute Gasteiger partial charge is 0.233 e. The van der Waals surface area contributed by atoms with Crippen molar-refractivity contribution in [2.45, 2.75) is 12.8 Å². The van der Waals surface area contributed by atoms with Crippen LogP contribution in [0.15, 0.2) is 29.0 Å². The normalized spacial score (nSPS) is 10.2. The van der Waals surface area contributed by atoms with E-state index in [0.29, 0.717) is 18.0 Å². The summed E-state index contributed by atoms with van der Waals surface area (Å²) in [5.74, 6) is 0.422. The highest BCUT2D eigenvalue weighted by Crippen LogP contribution is 2.11. The van der Waals surface area contributed by atoms with Crippen molar-refractivity contribution in [3.8, 4) is 5.88 Å². The number of aromatic nitrogens is 2. The molecule has 0 aliphatic heterocycles. The molecule has 2 aromatic heterocycles. The molecule has 0 aliphatic carbocycles. The van der Waals surface area contributed by atoms with Crippen molar-refractivity contribution in [2.75, 3.05) is 7.11 Å². The zero-order valence-corrected chi connectivity index (χ0v) is 10.2. The van der Waals surface area contributed by atoms with Crippen molar-refractivity contribution in [2.24, 2.45) is 0 Å². The minimum absolute atomic E-state index is 0.00588. The zero-order valence-electron chi connectivity index (χ0n) is 9.42. The van der Waals surface area contributed by atoms with Crippen LogP contribution in [0.4, 0.5) is 0 Å². The summed E-state index contributed by atoms with van der Waals surface area (Å²) in [7, 11) is 1.52. The lowest BCUT2D eigenvalue weighted by molar-refractivity contribution is 0.0977. The fourth-order valence-electron chi connectivity index (χ4n) is 1.40. The number of Topliss-reactive ketones (excluding diaryl/α,β-unsaturated/α-hetero) is 1. The number of hydrogen-bond acceptors (Lipinski definition) is 5. The van der Waals surface area contributed by atoms with E-state index in [4.69, 9.17) is 4.74 Å². The number of aryl methyl sites for hydroxylation is 1. The molecule has 0 fully saturated rings. The molecular formula is C12H12N2O2S. The van der Waals surface area contributed by atoms with Gasteiger partial charge in [0.25, 0.3) is 0 Å². The van der Waals surface area contributed by atoms with E-state index in [1.807, 2.05) is 16.8 Å². The molecule has 0 saturated heterocycles. The Kier molecular flexibility index (Phi) is 3.82. The van der Waals surface area contributed by atoms with Crippen molar-refractivity contribution in [3.05, 3.63) is 40.2 Å². The highest BCUT2D eigenvalue weighted by atomic mass is 32.1. The van der Waals surface area contributed by atoms with Gasteiger partial charge in [-0.2, -0.15) is 11.3 Å². The molecule has 0 aromatic carbocycles. The number of carbonyl (C=O) groups is 1. The van der Waals surface area contributed by atoms with Gasteiger partial charge in [-0.1, -0.05) is 0 Å². The number of ether oxygens (including phenoxy) is 1. The van der Waals surface area contributed by atoms with Gasteiger partial charge in [0.15, 0.2) is 5.78 Å². The fourth-order valence-corrected chi connectivity index (χ4v) is 2.10. The first-order valence-electron chi connectivity index (χ1n) is 5.21. The first-order chi connectivity index (χ1) is 8.29. The molecule has 0 N–H and O–H groups in total. The van der Waals surface area contributed by atoms with E-state index >= 15 is 0 Å². The van der Waals surface area contributed by atoms with Crippen LogP contribution in [0.5, 0.6) is 5.88 Å². The van der Waals surface area contributed by atoms with Crippen LogP contribution < -0.4 is 4.74 Å². The van der Waals surface area contributed by atoms with Gasteiger partial charge in [0, 0.05) is 12.5 Å². The molecule has 5 heteroatoms. The minimum Gasteiger partial charge on any atom is -0.480 e. The molecule has 2 heterocycles. The zero-order chi connectivity index (χ0) is 12.1.